The van der Waals surface area contributed by atoms with E-state index in [1.165, 1.54) is 77.0 Å². The number of benzene rings is 7. The second kappa shape index (κ2) is 62.3. The van der Waals surface area contributed by atoms with E-state index in [4.69, 9.17) is 0 Å². The predicted molar refractivity (Wildman–Crippen MR) is 497 cm³/mol. The molecule has 0 amide bonds. The van der Waals surface area contributed by atoms with Gasteiger partial charge in [-0.1, -0.05) is 239 Å². The van der Waals surface area contributed by atoms with Crippen molar-refractivity contribution in [1.29, 1.82) is 0 Å². The van der Waals surface area contributed by atoms with Gasteiger partial charge in [-0.25, -0.2) is 24.9 Å². The van der Waals surface area contributed by atoms with Crippen LogP contribution in [0.15, 0.2) is 225 Å². The average Bonchev–Trinajstić information content (AvgIpc) is 0.862. The first-order valence-electron chi connectivity index (χ1n) is 40.5. The molecular formula is C101H139N13. The molecule has 0 bridgehead atoms. The summed E-state index contributed by atoms with van der Waals surface area (Å²) in [5.74, 6) is 1.65. The molecule has 0 spiro atoms. The summed E-state index contributed by atoms with van der Waals surface area (Å²) in [6.07, 6.45) is 14.6. The minimum atomic E-state index is 0.825. The summed E-state index contributed by atoms with van der Waals surface area (Å²) in [6, 6.07) is 60.8. The lowest BCUT2D eigenvalue weighted by Gasteiger charge is -1.99. The second-order valence-corrected chi connectivity index (χ2v) is 25.2. The van der Waals surface area contributed by atoms with Crippen molar-refractivity contribution in [3.63, 3.8) is 0 Å². The Labute approximate surface area is 689 Å². The van der Waals surface area contributed by atoms with Gasteiger partial charge in [0.2, 0.25) is 0 Å². The van der Waals surface area contributed by atoms with Crippen LogP contribution in [0.5, 0.6) is 0 Å². The lowest BCUT2D eigenvalue weighted by Crippen LogP contribution is -1.87. The summed E-state index contributed by atoms with van der Waals surface area (Å²) in [6.45, 7) is 68.2. The molecule has 0 fully saturated rings. The van der Waals surface area contributed by atoms with E-state index in [9.17, 15) is 0 Å². The zero-order valence-corrected chi connectivity index (χ0v) is 76.2. The molecule has 0 aliphatic carbocycles. The minimum absolute atomic E-state index is 0.825. The topological polar surface area (TPSA) is 168 Å². The smallest absolute Gasteiger partial charge is 0.125 e. The average molecular weight is 1540 g/mol. The third kappa shape index (κ3) is 45.3. The van der Waals surface area contributed by atoms with Crippen LogP contribution >= 0.6 is 0 Å². The summed E-state index contributed by atoms with van der Waals surface area (Å²) >= 11 is 0. The fourth-order valence-electron chi connectivity index (χ4n) is 9.22. The van der Waals surface area contributed by atoms with Crippen molar-refractivity contribution in [3.8, 4) is 0 Å². The van der Waals surface area contributed by atoms with Gasteiger partial charge in [0.05, 0.1) is 50.5 Å². The lowest BCUT2D eigenvalue weighted by molar-refractivity contribution is 0.941. The standard InChI is InChI=1S/C12H12.2C11H11N.2C10H10N2.C8H10.C7H9N.3C6H8N2.7C2H6/c1-9-3-5-12-8-10(2)4-6-11(12)7-9;1-8-3-6-11-10(7-8)5-4-9(2)12-11;1-8-3-4-10-6-9(2)12-7-11(10)5-8;1-7-3-4-10-9(5-7)6-11-8(2)12-10;1-7-3-4-9-10(5-7)11-6-8(2)12-9;1-7-3-5-8(2)6-4-7;1-6-3-4-7(2)8-5-6;1-5-3-8-6(2)4-7-5;1-5-3-7-6(2)8-4-5;1-5-3-4-6(2)8-7-5;7*1-2/h3-8H,1-2H3;2*3-7H,1-2H3;2*3-6H,1-2H3;3-6H,1-2H3;3-5H,1-2H3;3*3-4H,1-2H3;7*1-2H3. The van der Waals surface area contributed by atoms with E-state index in [-0.39, 0.29) is 0 Å². The van der Waals surface area contributed by atoms with Crippen molar-refractivity contribution in [1.82, 2.24) is 65.0 Å². The molecule has 0 unspecified atom stereocenters. The van der Waals surface area contributed by atoms with Gasteiger partial charge in [0.1, 0.15) is 11.6 Å². The van der Waals surface area contributed by atoms with Crippen molar-refractivity contribution >= 4 is 54.4 Å². The lowest BCUT2D eigenvalue weighted by atomic mass is 10.1. The molecule has 0 saturated heterocycles. The van der Waals surface area contributed by atoms with E-state index in [0.717, 1.165) is 90.2 Å². The van der Waals surface area contributed by atoms with Gasteiger partial charge < -0.3 is 0 Å². The highest BCUT2D eigenvalue weighted by molar-refractivity contribution is 5.84. The fraction of sp³-hybridized carbons (Fsp3) is 0.337. The molecule has 0 aliphatic rings. The summed E-state index contributed by atoms with van der Waals surface area (Å²) in [5, 5.41) is 15.2. The third-order valence-corrected chi connectivity index (χ3v) is 14.9. The number of aryl methyl sites for hydroxylation is 20. The van der Waals surface area contributed by atoms with Crippen molar-refractivity contribution < 1.29 is 0 Å². The zero-order chi connectivity index (χ0) is 86.7. The number of pyridine rings is 3. The summed E-state index contributed by atoms with van der Waals surface area (Å²) < 4.78 is 0. The molecule has 13 heteroatoms. The van der Waals surface area contributed by atoms with Crippen molar-refractivity contribution in [2.75, 3.05) is 0 Å². The number of rotatable bonds is 0. The Morgan fingerprint density at radius 3 is 0.886 bits per heavy atom. The molecule has 0 radical (unpaired) electrons. The second-order valence-electron chi connectivity index (χ2n) is 25.2. The first-order chi connectivity index (χ1) is 54.7. The molecule has 114 heavy (non-hydrogen) atoms. The van der Waals surface area contributed by atoms with Crippen LogP contribution in [0.1, 0.15) is 210 Å². The van der Waals surface area contributed by atoms with Crippen LogP contribution in [-0.4, -0.2) is 65.0 Å². The highest BCUT2D eigenvalue weighted by Gasteiger charge is 2.00. The summed E-state index contributed by atoms with van der Waals surface area (Å²) in [7, 11) is 0. The van der Waals surface area contributed by atoms with Gasteiger partial charge in [0.25, 0.3) is 0 Å². The van der Waals surface area contributed by atoms with Crippen molar-refractivity contribution in [3.05, 3.63) is 338 Å². The van der Waals surface area contributed by atoms with Crippen LogP contribution in [0, 0.1) is 138 Å². The summed E-state index contributed by atoms with van der Waals surface area (Å²) in [5.41, 5.74) is 24.8. The maximum absolute atomic E-state index is 4.42. The van der Waals surface area contributed by atoms with Crippen LogP contribution in [0.4, 0.5) is 0 Å². The number of nitrogens with zero attached hydrogens (tertiary/aromatic N) is 13. The Balaban J connectivity index is 0. The fourth-order valence-corrected chi connectivity index (χ4v) is 9.22. The molecule has 8 heterocycles. The van der Waals surface area contributed by atoms with Gasteiger partial charge >= 0.3 is 0 Å². The van der Waals surface area contributed by atoms with E-state index < -0.39 is 0 Å². The molecule has 0 atom stereocenters. The normalized spacial score (nSPS) is 9.14. The van der Waals surface area contributed by atoms with Crippen LogP contribution in [-0.2, 0) is 0 Å². The number of hydrogen-bond donors (Lipinski definition) is 0. The van der Waals surface area contributed by atoms with E-state index in [2.05, 4.69) is 254 Å². The first kappa shape index (κ1) is 105. The van der Waals surface area contributed by atoms with Crippen LogP contribution in [0.2, 0.25) is 0 Å². The van der Waals surface area contributed by atoms with E-state index >= 15 is 0 Å². The quantitative estimate of drug-likeness (QED) is 0.141. The van der Waals surface area contributed by atoms with E-state index in [1.807, 2.05) is 253 Å². The van der Waals surface area contributed by atoms with Gasteiger partial charge in [-0.15, -0.1) is 0 Å². The van der Waals surface area contributed by atoms with Crippen LogP contribution in [0.3, 0.4) is 0 Å². The molecular weight excluding hydrogens is 1400 g/mol. The largest absolute Gasteiger partial charge is 0.261 e. The minimum Gasteiger partial charge on any atom is -0.261 e. The maximum atomic E-state index is 4.42. The molecule has 0 aliphatic heterocycles. The maximum Gasteiger partial charge on any atom is 0.125 e. The van der Waals surface area contributed by atoms with E-state index in [1.54, 1.807) is 18.6 Å². The van der Waals surface area contributed by atoms with Crippen molar-refractivity contribution in [2.45, 2.75) is 235 Å². The van der Waals surface area contributed by atoms with Crippen LogP contribution < -0.4 is 0 Å². The van der Waals surface area contributed by atoms with E-state index in [0.29, 0.717) is 0 Å². The Hall–Kier alpha value is -11.3. The first-order valence-corrected chi connectivity index (χ1v) is 40.5. The molecule has 15 aromatic rings. The van der Waals surface area contributed by atoms with Crippen molar-refractivity contribution in [2.24, 2.45) is 0 Å². The Bertz CT molecular complexity index is 3940. The van der Waals surface area contributed by atoms with Gasteiger partial charge in [0.15, 0.2) is 0 Å². The molecule has 7 aromatic carbocycles. The van der Waals surface area contributed by atoms with Crippen LogP contribution in [0.25, 0.3) is 54.4 Å². The monoisotopic (exact) mass is 1530 g/mol. The van der Waals surface area contributed by atoms with Gasteiger partial charge in [0, 0.05) is 82.8 Å². The Morgan fingerprint density at radius 1 is 0.149 bits per heavy atom. The molecule has 13 nitrogen and oxygen atoms in total. The molecule has 0 N–H and O–H groups in total. The van der Waals surface area contributed by atoms with Gasteiger partial charge in [-0.05, 0) is 244 Å². The Morgan fingerprint density at radius 2 is 0.456 bits per heavy atom. The number of aromatic nitrogens is 13. The molecule has 8 aromatic heterocycles. The number of hydrogen-bond acceptors (Lipinski definition) is 13. The van der Waals surface area contributed by atoms with Gasteiger partial charge in [-0.2, -0.15) is 10.2 Å². The Kier molecular flexibility index (Phi) is 57.2. The number of fused-ring (bicyclic) bond motifs is 5. The highest BCUT2D eigenvalue weighted by Crippen LogP contribution is 2.19. The predicted octanol–water partition coefficient (Wildman–Crippen LogP) is 28.1. The molecule has 15 rings (SSSR count). The highest BCUT2D eigenvalue weighted by atomic mass is 15.1. The van der Waals surface area contributed by atoms with Gasteiger partial charge in [-0.3, -0.25) is 29.9 Å². The zero-order valence-electron chi connectivity index (χ0n) is 76.2. The molecule has 0 saturated carbocycles. The third-order valence-electron chi connectivity index (χ3n) is 14.9. The summed E-state index contributed by atoms with van der Waals surface area (Å²) in [4.78, 5) is 45.8. The SMILES string of the molecule is CC.CC.CC.CC.CC.CC.CC.Cc1ccc(C)cc1.Cc1ccc(C)nc1.Cc1ccc(C)nn1.Cc1ccc2cc(C)ccc2c1.Cc1ccc2cc(C)ncc2c1.Cc1ccc2nc(C)ccc2c1.Cc1ccc2nc(C)cnc2c1.Cc1ccc2nc(C)ncc2c1.Cc1cnc(C)cn1.Cc1cnc(C)nc1. The molecule has 608 valence electrons.